The smallest absolute Gasteiger partial charge is 0.340 e. The molecule has 2 rings (SSSR count). The van der Waals surface area contributed by atoms with Gasteiger partial charge < -0.3 is 10.1 Å². The molecule has 22 heavy (non-hydrogen) atoms. The first kappa shape index (κ1) is 16.6. The van der Waals surface area contributed by atoms with Crippen LogP contribution < -0.4 is 5.32 Å². The highest BCUT2D eigenvalue weighted by Gasteiger charge is 2.43. The summed E-state index contributed by atoms with van der Waals surface area (Å²) in [5, 5.41) is 12.3. The molecule has 1 aliphatic carbocycles. The molecule has 1 saturated carbocycles. The number of hydrogen-bond donors (Lipinski definition) is 1. The van der Waals surface area contributed by atoms with Crippen molar-refractivity contribution in [3.63, 3.8) is 0 Å². The van der Waals surface area contributed by atoms with Gasteiger partial charge in [0.05, 0.1) is 16.7 Å². The third kappa shape index (κ3) is 3.90. The Morgan fingerprint density at radius 1 is 1.45 bits per heavy atom. The lowest BCUT2D eigenvalue weighted by Gasteiger charge is -2.22. The number of nitrogens with zero attached hydrogens (tertiary/aromatic N) is 1. The Hall–Kier alpha value is -1.77. The molecule has 1 aliphatic rings. The summed E-state index contributed by atoms with van der Waals surface area (Å²) in [6.07, 6.45) is 1.81. The van der Waals surface area contributed by atoms with Crippen molar-refractivity contribution < 1.29 is 14.3 Å². The minimum Gasteiger partial charge on any atom is -0.452 e. The summed E-state index contributed by atoms with van der Waals surface area (Å²) in [5.74, 6) is -1.08. The molecule has 0 spiro atoms. The molecule has 1 fully saturated rings. The van der Waals surface area contributed by atoms with Crippen molar-refractivity contribution in [3.8, 4) is 6.07 Å². The van der Waals surface area contributed by atoms with Gasteiger partial charge in [0.1, 0.15) is 5.54 Å². The molecule has 0 aliphatic heterocycles. The van der Waals surface area contributed by atoms with Gasteiger partial charge in [-0.1, -0.05) is 23.2 Å². The maximum atomic E-state index is 11.9. The third-order valence-corrected chi connectivity index (χ3v) is 4.06. The number of ether oxygens (including phenoxy) is 1. The largest absolute Gasteiger partial charge is 0.452 e. The molecule has 1 aromatic rings. The van der Waals surface area contributed by atoms with Crippen molar-refractivity contribution in [2.45, 2.75) is 25.3 Å². The standard InChI is InChI=1S/C15H14Cl2N2O3/c1-15(8-18,9-2-3-9)19-13(20)7-22-14(21)11-5-4-10(16)6-12(11)17/h4-6,9H,2-3,7H2,1H3,(H,19,20)/t15-/m1/s1. The lowest BCUT2D eigenvalue weighted by molar-refractivity contribution is -0.125. The monoisotopic (exact) mass is 340 g/mol. The van der Waals surface area contributed by atoms with Gasteiger partial charge in [-0.15, -0.1) is 0 Å². The maximum absolute atomic E-state index is 11.9. The number of nitrogens with one attached hydrogen (secondary N) is 1. The SMILES string of the molecule is C[C@](C#N)(NC(=O)COC(=O)c1ccc(Cl)cc1Cl)C1CC1. The highest BCUT2D eigenvalue weighted by atomic mass is 35.5. The van der Waals surface area contributed by atoms with Crippen LogP contribution in [0.2, 0.25) is 10.0 Å². The van der Waals surface area contributed by atoms with Gasteiger partial charge in [-0.25, -0.2) is 4.79 Å². The molecule has 5 nitrogen and oxygen atoms in total. The summed E-state index contributed by atoms with van der Waals surface area (Å²) in [7, 11) is 0. The van der Waals surface area contributed by atoms with Crippen LogP contribution in [0.3, 0.4) is 0 Å². The zero-order valence-corrected chi connectivity index (χ0v) is 13.4. The lowest BCUT2D eigenvalue weighted by atomic mass is 9.98. The van der Waals surface area contributed by atoms with Crippen LogP contribution >= 0.6 is 23.2 Å². The van der Waals surface area contributed by atoms with E-state index in [1.54, 1.807) is 6.92 Å². The number of amides is 1. The van der Waals surface area contributed by atoms with Crippen LogP contribution in [0.1, 0.15) is 30.1 Å². The summed E-state index contributed by atoms with van der Waals surface area (Å²) in [6, 6.07) is 6.44. The van der Waals surface area contributed by atoms with Crippen LogP contribution in [0, 0.1) is 17.2 Å². The Bertz CT molecular complexity index is 653. The molecule has 1 aromatic carbocycles. The van der Waals surface area contributed by atoms with Gasteiger partial charge in [-0.05, 0) is 43.9 Å². The average Bonchev–Trinajstić information content (AvgIpc) is 3.29. The van der Waals surface area contributed by atoms with Gasteiger partial charge in [-0.3, -0.25) is 4.79 Å². The van der Waals surface area contributed by atoms with Crippen molar-refractivity contribution in [3.05, 3.63) is 33.8 Å². The summed E-state index contributed by atoms with van der Waals surface area (Å²) >= 11 is 11.6. The fourth-order valence-corrected chi connectivity index (χ4v) is 2.56. The first-order valence-electron chi connectivity index (χ1n) is 6.70. The number of benzene rings is 1. The predicted octanol–water partition coefficient (Wildman–Crippen LogP) is 2.96. The summed E-state index contributed by atoms with van der Waals surface area (Å²) in [6.45, 7) is 1.20. The van der Waals surface area contributed by atoms with Crippen LogP contribution in [-0.4, -0.2) is 24.0 Å². The number of nitriles is 1. The summed E-state index contributed by atoms with van der Waals surface area (Å²) in [4.78, 5) is 23.7. The highest BCUT2D eigenvalue weighted by molar-refractivity contribution is 6.36. The minimum atomic E-state index is -0.915. The highest BCUT2D eigenvalue weighted by Crippen LogP contribution is 2.39. The van der Waals surface area contributed by atoms with Gasteiger partial charge in [-0.2, -0.15) is 5.26 Å². The number of hydrogen-bond acceptors (Lipinski definition) is 4. The number of rotatable bonds is 5. The normalized spacial score (nSPS) is 16.3. The molecule has 0 unspecified atom stereocenters. The first-order valence-corrected chi connectivity index (χ1v) is 7.46. The fraction of sp³-hybridized carbons (Fsp3) is 0.400. The Morgan fingerprint density at radius 3 is 2.68 bits per heavy atom. The zero-order chi connectivity index (χ0) is 16.3. The van der Waals surface area contributed by atoms with E-state index in [2.05, 4.69) is 11.4 Å². The van der Waals surface area contributed by atoms with E-state index in [1.807, 2.05) is 0 Å². The predicted molar refractivity (Wildman–Crippen MR) is 81.6 cm³/mol. The Kier molecular flexibility index (Phi) is 4.94. The van der Waals surface area contributed by atoms with Crippen LogP contribution in [0.15, 0.2) is 18.2 Å². The lowest BCUT2D eigenvalue weighted by Crippen LogP contribution is -2.48. The first-order chi connectivity index (χ1) is 10.4. The fourth-order valence-electron chi connectivity index (χ4n) is 2.07. The van der Waals surface area contributed by atoms with Gasteiger partial charge >= 0.3 is 5.97 Å². The molecule has 1 amide bonds. The van der Waals surface area contributed by atoms with Gasteiger partial charge in [0, 0.05) is 5.02 Å². The maximum Gasteiger partial charge on any atom is 0.340 e. The molecule has 1 N–H and O–H groups in total. The van der Waals surface area contributed by atoms with Crippen molar-refractivity contribution in [1.82, 2.24) is 5.32 Å². The Labute approximate surface area is 138 Å². The quantitative estimate of drug-likeness (QED) is 0.835. The van der Waals surface area contributed by atoms with Crippen LogP contribution in [-0.2, 0) is 9.53 Å². The topological polar surface area (TPSA) is 79.2 Å². The van der Waals surface area contributed by atoms with Crippen LogP contribution in [0.5, 0.6) is 0 Å². The second-order valence-electron chi connectivity index (χ2n) is 5.34. The van der Waals surface area contributed by atoms with E-state index in [0.717, 1.165) is 12.8 Å². The third-order valence-electron chi connectivity index (χ3n) is 3.51. The number of esters is 1. The Morgan fingerprint density at radius 2 is 2.14 bits per heavy atom. The molecule has 0 saturated heterocycles. The van der Waals surface area contributed by atoms with Crippen molar-refractivity contribution >= 4 is 35.1 Å². The molecule has 116 valence electrons. The summed E-state index contributed by atoms with van der Waals surface area (Å²) in [5.41, 5.74) is -0.786. The number of carbonyl (C=O) groups excluding carboxylic acids is 2. The van der Waals surface area contributed by atoms with Crippen LogP contribution in [0.4, 0.5) is 0 Å². The molecule has 0 aromatic heterocycles. The molecule has 1 atom stereocenters. The summed E-state index contributed by atoms with van der Waals surface area (Å²) < 4.78 is 4.91. The average molecular weight is 341 g/mol. The van der Waals surface area contributed by atoms with Gasteiger partial charge in [0.15, 0.2) is 6.61 Å². The molecule has 0 heterocycles. The molecule has 0 bridgehead atoms. The Balaban J connectivity index is 1.91. The van der Waals surface area contributed by atoms with E-state index in [-0.39, 0.29) is 16.5 Å². The second kappa shape index (κ2) is 6.55. The molecule has 0 radical (unpaired) electrons. The van der Waals surface area contributed by atoms with Gasteiger partial charge in [0.25, 0.3) is 5.91 Å². The minimum absolute atomic E-state index is 0.129. The van der Waals surface area contributed by atoms with E-state index < -0.39 is 24.0 Å². The van der Waals surface area contributed by atoms with Crippen molar-refractivity contribution in [2.24, 2.45) is 5.92 Å². The van der Waals surface area contributed by atoms with Gasteiger partial charge in [0.2, 0.25) is 0 Å². The van der Waals surface area contributed by atoms with Crippen molar-refractivity contribution in [2.75, 3.05) is 6.61 Å². The van der Waals surface area contributed by atoms with E-state index in [4.69, 9.17) is 33.2 Å². The number of halogens is 2. The van der Waals surface area contributed by atoms with Crippen LogP contribution in [0.25, 0.3) is 0 Å². The van der Waals surface area contributed by atoms with Crippen molar-refractivity contribution in [1.29, 1.82) is 5.26 Å². The molecule has 7 heteroatoms. The van der Waals surface area contributed by atoms with E-state index in [9.17, 15) is 9.59 Å². The zero-order valence-electron chi connectivity index (χ0n) is 11.9. The molecular formula is C15H14Cl2N2O3. The van der Waals surface area contributed by atoms with E-state index in [0.29, 0.717) is 5.02 Å². The molecular weight excluding hydrogens is 327 g/mol. The second-order valence-corrected chi connectivity index (χ2v) is 6.18. The van der Waals surface area contributed by atoms with E-state index >= 15 is 0 Å². The number of carbonyl (C=O) groups is 2. The van der Waals surface area contributed by atoms with E-state index in [1.165, 1.54) is 18.2 Å².